The first kappa shape index (κ1) is 19.5. The second-order valence-corrected chi connectivity index (χ2v) is 6.89. The lowest BCUT2D eigenvalue weighted by Gasteiger charge is -2.12. The van der Waals surface area contributed by atoms with E-state index in [0.717, 1.165) is 16.8 Å². The second-order valence-electron chi connectivity index (χ2n) is 6.48. The molecule has 0 aliphatic carbocycles. The molecule has 0 unspecified atom stereocenters. The molecule has 0 fully saturated rings. The molecule has 0 saturated carbocycles. The number of amides is 1. The van der Waals surface area contributed by atoms with Crippen molar-refractivity contribution in [2.45, 2.75) is 6.92 Å². The number of fused-ring (bicyclic) bond motifs is 1. The molecular formula is C22H18N4O3S. The summed E-state index contributed by atoms with van der Waals surface area (Å²) in [6, 6.07) is 18.4. The maximum absolute atomic E-state index is 12.0. The molecule has 0 spiro atoms. The number of hydrogen-bond acceptors (Lipinski definition) is 6. The molecule has 2 N–H and O–H groups in total. The van der Waals surface area contributed by atoms with Crippen LogP contribution in [0.3, 0.4) is 0 Å². The number of oxazole rings is 1. The van der Waals surface area contributed by atoms with E-state index in [1.165, 1.54) is 0 Å². The summed E-state index contributed by atoms with van der Waals surface area (Å²) in [6.07, 6.45) is 1.67. The highest BCUT2D eigenvalue weighted by Gasteiger charge is 2.11. The van der Waals surface area contributed by atoms with Crippen LogP contribution in [-0.4, -0.2) is 27.6 Å². The standard InChI is InChI=1S/C22H18N4O3S/c1-14-12-15(21-26-20-18(29-21)8-5-11-23-20)9-10-17(14)24-22(30)25-19(27)13-28-16-6-3-2-4-7-16/h2-12H,13H2,1H3,(H2,24,25,27,30). The SMILES string of the molecule is Cc1cc(-c2nc3ncccc3o2)ccc1NC(=S)NC(=O)COc1ccccc1. The molecule has 7 nitrogen and oxygen atoms in total. The molecule has 2 heterocycles. The van der Waals surface area contributed by atoms with Gasteiger partial charge in [-0.3, -0.25) is 10.1 Å². The summed E-state index contributed by atoms with van der Waals surface area (Å²) in [5, 5.41) is 5.83. The van der Waals surface area contributed by atoms with Gasteiger partial charge in [-0.05, 0) is 67.2 Å². The molecule has 8 heteroatoms. The van der Waals surface area contributed by atoms with E-state index < -0.39 is 0 Å². The fraction of sp³-hybridized carbons (Fsp3) is 0.0909. The number of carbonyl (C=O) groups is 1. The van der Waals surface area contributed by atoms with Crippen LogP contribution in [0.15, 0.2) is 71.3 Å². The maximum atomic E-state index is 12.0. The minimum absolute atomic E-state index is 0.129. The lowest BCUT2D eigenvalue weighted by atomic mass is 10.1. The normalized spacial score (nSPS) is 10.6. The molecule has 1 amide bonds. The number of hydrogen-bond donors (Lipinski definition) is 2. The third-order valence-corrected chi connectivity index (χ3v) is 4.46. The third-order valence-electron chi connectivity index (χ3n) is 4.25. The largest absolute Gasteiger partial charge is 0.484 e. The number of thiocarbonyl (C=S) groups is 1. The third kappa shape index (κ3) is 4.61. The van der Waals surface area contributed by atoms with Crippen LogP contribution >= 0.6 is 12.2 Å². The van der Waals surface area contributed by atoms with Crippen molar-refractivity contribution in [3.63, 3.8) is 0 Å². The predicted molar refractivity (Wildman–Crippen MR) is 118 cm³/mol. The molecule has 150 valence electrons. The number of carbonyl (C=O) groups excluding carboxylic acids is 1. The average Bonchev–Trinajstić information content (AvgIpc) is 3.19. The van der Waals surface area contributed by atoms with Crippen molar-refractivity contribution in [2.75, 3.05) is 11.9 Å². The number of nitrogens with zero attached hydrogens (tertiary/aromatic N) is 2. The van der Waals surface area contributed by atoms with Gasteiger partial charge in [0.15, 0.2) is 22.9 Å². The van der Waals surface area contributed by atoms with Gasteiger partial charge in [0.25, 0.3) is 5.91 Å². The monoisotopic (exact) mass is 418 g/mol. The second kappa shape index (κ2) is 8.71. The lowest BCUT2D eigenvalue weighted by molar-refractivity contribution is -0.121. The van der Waals surface area contributed by atoms with E-state index in [2.05, 4.69) is 20.6 Å². The van der Waals surface area contributed by atoms with Crippen molar-refractivity contribution >= 4 is 40.2 Å². The van der Waals surface area contributed by atoms with Crippen LogP contribution in [0.4, 0.5) is 5.69 Å². The van der Waals surface area contributed by atoms with Crippen molar-refractivity contribution in [3.05, 3.63) is 72.4 Å². The Bertz CT molecular complexity index is 1170. The number of benzene rings is 2. The van der Waals surface area contributed by atoms with Crippen molar-refractivity contribution in [3.8, 4) is 17.2 Å². The Morgan fingerprint density at radius 3 is 2.73 bits per heavy atom. The summed E-state index contributed by atoms with van der Waals surface area (Å²) < 4.78 is 11.2. The van der Waals surface area contributed by atoms with E-state index >= 15 is 0 Å². The fourth-order valence-corrected chi connectivity index (χ4v) is 3.04. The topological polar surface area (TPSA) is 89.3 Å². The van der Waals surface area contributed by atoms with Crippen LogP contribution < -0.4 is 15.4 Å². The minimum Gasteiger partial charge on any atom is -0.484 e. The van der Waals surface area contributed by atoms with Gasteiger partial charge in [-0.1, -0.05) is 18.2 Å². The summed E-state index contributed by atoms with van der Waals surface area (Å²) in [7, 11) is 0. The summed E-state index contributed by atoms with van der Waals surface area (Å²) in [6.45, 7) is 1.80. The molecule has 2 aromatic carbocycles. The first-order chi connectivity index (χ1) is 14.6. The Morgan fingerprint density at radius 2 is 1.97 bits per heavy atom. The molecule has 4 aromatic rings. The van der Waals surface area contributed by atoms with Crippen molar-refractivity contribution in [1.29, 1.82) is 0 Å². The predicted octanol–water partition coefficient (Wildman–Crippen LogP) is 4.09. The Morgan fingerprint density at radius 1 is 1.13 bits per heavy atom. The molecule has 0 saturated heterocycles. The molecule has 0 atom stereocenters. The van der Waals surface area contributed by atoms with Crippen LogP contribution in [-0.2, 0) is 4.79 Å². The molecule has 30 heavy (non-hydrogen) atoms. The number of aryl methyl sites for hydroxylation is 1. The minimum atomic E-state index is -0.343. The molecule has 2 aromatic heterocycles. The maximum Gasteiger partial charge on any atom is 0.264 e. The molecular weight excluding hydrogens is 400 g/mol. The number of nitrogens with one attached hydrogen (secondary N) is 2. The molecule has 0 radical (unpaired) electrons. The number of para-hydroxylation sites is 1. The zero-order chi connectivity index (χ0) is 20.9. The first-order valence-corrected chi connectivity index (χ1v) is 9.60. The zero-order valence-electron chi connectivity index (χ0n) is 16.1. The number of aromatic nitrogens is 2. The van der Waals surface area contributed by atoms with E-state index in [1.807, 2.05) is 49.4 Å². The van der Waals surface area contributed by atoms with Crippen molar-refractivity contribution in [1.82, 2.24) is 15.3 Å². The van der Waals surface area contributed by atoms with Gasteiger partial charge in [0.1, 0.15) is 5.75 Å². The van der Waals surface area contributed by atoms with E-state index in [-0.39, 0.29) is 17.6 Å². The van der Waals surface area contributed by atoms with Crippen LogP contribution in [0, 0.1) is 6.92 Å². The van der Waals surface area contributed by atoms with E-state index in [1.54, 1.807) is 24.4 Å². The number of rotatable bonds is 5. The van der Waals surface area contributed by atoms with E-state index in [9.17, 15) is 4.79 Å². The van der Waals surface area contributed by atoms with Crippen molar-refractivity contribution < 1.29 is 13.9 Å². The average molecular weight is 418 g/mol. The van der Waals surface area contributed by atoms with Gasteiger partial charge in [0.2, 0.25) is 5.89 Å². The van der Waals surface area contributed by atoms with Gasteiger partial charge < -0.3 is 14.5 Å². The number of ether oxygens (including phenoxy) is 1. The van der Waals surface area contributed by atoms with Gasteiger partial charge in [0.05, 0.1) is 0 Å². The molecule has 0 aliphatic heterocycles. The van der Waals surface area contributed by atoms with Gasteiger partial charge in [-0.15, -0.1) is 0 Å². The van der Waals surface area contributed by atoms with Crippen LogP contribution in [0.2, 0.25) is 0 Å². The highest BCUT2D eigenvalue weighted by atomic mass is 32.1. The first-order valence-electron chi connectivity index (χ1n) is 9.20. The Balaban J connectivity index is 1.37. The summed E-state index contributed by atoms with van der Waals surface area (Å²) >= 11 is 5.23. The van der Waals surface area contributed by atoms with Gasteiger partial charge in [-0.25, -0.2) is 4.98 Å². The van der Waals surface area contributed by atoms with E-state index in [0.29, 0.717) is 22.9 Å². The Kier molecular flexibility index (Phi) is 5.67. The Hall–Kier alpha value is -3.78. The summed E-state index contributed by atoms with van der Waals surface area (Å²) in [5.41, 5.74) is 3.70. The summed E-state index contributed by atoms with van der Waals surface area (Å²) in [4.78, 5) is 20.6. The van der Waals surface area contributed by atoms with Gasteiger partial charge in [0, 0.05) is 17.4 Å². The zero-order valence-corrected chi connectivity index (χ0v) is 16.9. The van der Waals surface area contributed by atoms with Crippen LogP contribution in [0.5, 0.6) is 5.75 Å². The van der Waals surface area contributed by atoms with Crippen LogP contribution in [0.1, 0.15) is 5.56 Å². The van der Waals surface area contributed by atoms with Crippen molar-refractivity contribution in [2.24, 2.45) is 0 Å². The van der Waals surface area contributed by atoms with E-state index in [4.69, 9.17) is 21.4 Å². The molecule has 4 rings (SSSR count). The molecule has 0 bridgehead atoms. The highest BCUT2D eigenvalue weighted by Crippen LogP contribution is 2.26. The number of anilines is 1. The smallest absolute Gasteiger partial charge is 0.264 e. The van der Waals surface area contributed by atoms with Gasteiger partial charge >= 0.3 is 0 Å². The lowest BCUT2D eigenvalue weighted by Crippen LogP contribution is -2.37. The quantitative estimate of drug-likeness (QED) is 0.472. The fourth-order valence-electron chi connectivity index (χ4n) is 2.81. The van der Waals surface area contributed by atoms with Gasteiger partial charge in [-0.2, -0.15) is 4.98 Å². The molecule has 0 aliphatic rings. The Labute approximate surface area is 178 Å². The summed E-state index contributed by atoms with van der Waals surface area (Å²) in [5.74, 6) is 0.768. The number of pyridine rings is 1. The van der Waals surface area contributed by atoms with Crippen LogP contribution in [0.25, 0.3) is 22.7 Å². The highest BCUT2D eigenvalue weighted by molar-refractivity contribution is 7.80.